The largest absolute Gasteiger partial charge is 0.496 e. The van der Waals surface area contributed by atoms with Crippen LogP contribution in [0.1, 0.15) is 10.4 Å². The first kappa shape index (κ1) is 26.8. The molecular formula is C28H24N4O7S. The maximum Gasteiger partial charge on any atom is 0.344 e. The molecule has 0 aliphatic carbocycles. The molecule has 0 spiro atoms. The zero-order chi connectivity index (χ0) is 28.2. The Hall–Kier alpha value is -4.81. The fraction of sp³-hybridized carbons (Fsp3) is 0.179. The number of carbonyl (C=O) groups is 1. The molecule has 40 heavy (non-hydrogen) atoms. The van der Waals surface area contributed by atoms with Gasteiger partial charge in [-0.2, -0.15) is 0 Å². The quantitative estimate of drug-likeness (QED) is 0.152. The smallest absolute Gasteiger partial charge is 0.344 e. The summed E-state index contributed by atoms with van der Waals surface area (Å²) < 4.78 is 16.4. The first-order valence-corrected chi connectivity index (χ1v) is 12.7. The summed E-state index contributed by atoms with van der Waals surface area (Å²) in [5.74, 6) is -0.213. The summed E-state index contributed by atoms with van der Waals surface area (Å²) >= 11 is 5.36. The summed E-state index contributed by atoms with van der Waals surface area (Å²) in [6.07, 6.45) is 0. The number of anilines is 2. The van der Waals surface area contributed by atoms with Gasteiger partial charge in [-0.15, -0.1) is 0 Å². The summed E-state index contributed by atoms with van der Waals surface area (Å²) in [5.41, 5.74) is 1.78. The molecule has 11 nitrogen and oxygen atoms in total. The number of nitro groups is 1. The Morgan fingerprint density at radius 2 is 1.82 bits per heavy atom. The van der Waals surface area contributed by atoms with Crippen LogP contribution in [0.25, 0.3) is 22.1 Å². The number of rotatable bonds is 6. The average Bonchev–Trinajstić information content (AvgIpc) is 2.96. The van der Waals surface area contributed by atoms with Gasteiger partial charge in [0, 0.05) is 47.9 Å². The minimum atomic E-state index is -0.597. The summed E-state index contributed by atoms with van der Waals surface area (Å²) in [4.78, 5) is 38.6. The molecule has 0 radical (unpaired) electrons. The second-order valence-electron chi connectivity index (χ2n) is 8.87. The van der Waals surface area contributed by atoms with Crippen molar-refractivity contribution >= 4 is 51.3 Å². The highest BCUT2D eigenvalue weighted by atomic mass is 32.1. The van der Waals surface area contributed by atoms with E-state index in [2.05, 4.69) is 10.6 Å². The highest BCUT2D eigenvalue weighted by molar-refractivity contribution is 7.80. The number of methoxy groups -OCH3 is 1. The number of fused-ring (bicyclic) bond motifs is 1. The van der Waals surface area contributed by atoms with Gasteiger partial charge < -0.3 is 24.1 Å². The third-order valence-corrected chi connectivity index (χ3v) is 6.61. The minimum Gasteiger partial charge on any atom is -0.496 e. The molecule has 0 atom stereocenters. The molecule has 5 rings (SSSR count). The first-order valence-electron chi connectivity index (χ1n) is 12.3. The molecule has 2 N–H and O–H groups in total. The predicted molar refractivity (Wildman–Crippen MR) is 154 cm³/mol. The molecule has 3 aromatic carbocycles. The van der Waals surface area contributed by atoms with Gasteiger partial charge in [0.05, 0.1) is 42.1 Å². The third-order valence-electron chi connectivity index (χ3n) is 6.41. The monoisotopic (exact) mass is 560 g/mol. The Balaban J connectivity index is 1.36. The molecule has 12 heteroatoms. The molecular weight excluding hydrogens is 536 g/mol. The number of hydrogen-bond donors (Lipinski definition) is 2. The second-order valence-corrected chi connectivity index (χ2v) is 9.27. The molecule has 1 amide bonds. The van der Waals surface area contributed by atoms with Gasteiger partial charge in [0.25, 0.3) is 11.6 Å². The highest BCUT2D eigenvalue weighted by Gasteiger charge is 2.23. The standard InChI is InChI=1S/C28H24N4O7S/c1-37-25-15-18(6-8-20(25)21-14-17-4-2-3-5-24(17)39-27(21)34)29-28(40)30-26(33)22-16-19(32(35)36)7-9-23(22)31-10-12-38-13-11-31/h2-9,14-16H,10-13H2,1H3,(H2,29,30,33,40). The molecule has 0 bridgehead atoms. The Kier molecular flexibility index (Phi) is 7.71. The van der Waals surface area contributed by atoms with Crippen molar-refractivity contribution in [2.75, 3.05) is 43.6 Å². The molecule has 2 heterocycles. The van der Waals surface area contributed by atoms with Crippen molar-refractivity contribution in [2.24, 2.45) is 0 Å². The molecule has 1 saturated heterocycles. The topological polar surface area (TPSA) is 136 Å². The van der Waals surface area contributed by atoms with E-state index in [-0.39, 0.29) is 16.4 Å². The molecule has 0 saturated carbocycles. The van der Waals surface area contributed by atoms with Crippen molar-refractivity contribution in [3.8, 4) is 16.9 Å². The van der Waals surface area contributed by atoms with Gasteiger partial charge >= 0.3 is 5.63 Å². The second kappa shape index (κ2) is 11.5. The number of benzene rings is 3. The van der Waals surface area contributed by atoms with Crippen LogP contribution in [0.3, 0.4) is 0 Å². The van der Waals surface area contributed by atoms with Gasteiger partial charge in [0.15, 0.2) is 5.11 Å². The number of nitrogens with one attached hydrogen (secondary N) is 2. The van der Waals surface area contributed by atoms with Crippen LogP contribution in [-0.2, 0) is 4.74 Å². The maximum absolute atomic E-state index is 13.2. The summed E-state index contributed by atoms with van der Waals surface area (Å²) in [6.45, 7) is 2.05. The van der Waals surface area contributed by atoms with Crippen molar-refractivity contribution in [1.29, 1.82) is 0 Å². The number of hydrogen-bond acceptors (Lipinski definition) is 9. The van der Waals surface area contributed by atoms with E-state index < -0.39 is 16.5 Å². The fourth-order valence-electron chi connectivity index (χ4n) is 4.47. The van der Waals surface area contributed by atoms with Crippen molar-refractivity contribution in [2.45, 2.75) is 0 Å². The van der Waals surface area contributed by atoms with Crippen molar-refractivity contribution < 1.29 is 23.6 Å². The van der Waals surface area contributed by atoms with Crippen LogP contribution in [0.2, 0.25) is 0 Å². The average molecular weight is 561 g/mol. The van der Waals surface area contributed by atoms with E-state index >= 15 is 0 Å². The Bertz CT molecular complexity index is 1680. The van der Waals surface area contributed by atoms with E-state index in [1.807, 2.05) is 17.0 Å². The molecule has 4 aromatic rings. The van der Waals surface area contributed by atoms with Crippen LogP contribution in [0.4, 0.5) is 17.1 Å². The number of para-hydroxylation sites is 1. The zero-order valence-corrected chi connectivity index (χ0v) is 22.2. The van der Waals surface area contributed by atoms with E-state index in [0.717, 1.165) is 5.39 Å². The highest BCUT2D eigenvalue weighted by Crippen LogP contribution is 2.32. The molecule has 1 aromatic heterocycles. The number of nitrogens with zero attached hydrogens (tertiary/aromatic N) is 2. The Labute approximate surface area is 233 Å². The fourth-order valence-corrected chi connectivity index (χ4v) is 4.68. The Morgan fingerprint density at radius 3 is 2.58 bits per heavy atom. The van der Waals surface area contributed by atoms with Crippen molar-refractivity contribution in [3.63, 3.8) is 0 Å². The first-order chi connectivity index (χ1) is 19.3. The minimum absolute atomic E-state index is 0.0237. The molecule has 1 fully saturated rings. The number of amides is 1. The van der Waals surface area contributed by atoms with Gasteiger partial charge in [-0.1, -0.05) is 18.2 Å². The van der Waals surface area contributed by atoms with Gasteiger partial charge in [-0.25, -0.2) is 4.79 Å². The normalized spacial score (nSPS) is 13.1. The van der Waals surface area contributed by atoms with E-state index in [9.17, 15) is 19.7 Å². The lowest BCUT2D eigenvalue weighted by Crippen LogP contribution is -2.39. The van der Waals surface area contributed by atoms with E-state index in [0.29, 0.717) is 60.1 Å². The summed E-state index contributed by atoms with van der Waals surface area (Å²) in [6, 6.07) is 18.1. The van der Waals surface area contributed by atoms with Crippen LogP contribution < -0.4 is 25.9 Å². The summed E-state index contributed by atoms with van der Waals surface area (Å²) in [5, 5.41) is 17.6. The van der Waals surface area contributed by atoms with Crippen LogP contribution in [-0.4, -0.2) is 49.4 Å². The molecule has 1 aliphatic heterocycles. The van der Waals surface area contributed by atoms with Gasteiger partial charge in [-0.3, -0.25) is 20.2 Å². The van der Waals surface area contributed by atoms with E-state index in [4.69, 9.17) is 26.1 Å². The maximum atomic E-state index is 13.2. The van der Waals surface area contributed by atoms with Crippen molar-refractivity contribution in [3.05, 3.63) is 92.8 Å². The lowest BCUT2D eigenvalue weighted by Gasteiger charge is -2.30. The van der Waals surface area contributed by atoms with Crippen molar-refractivity contribution in [1.82, 2.24) is 5.32 Å². The van der Waals surface area contributed by atoms with E-state index in [1.165, 1.54) is 19.2 Å². The lowest BCUT2D eigenvalue weighted by molar-refractivity contribution is -0.384. The summed E-state index contributed by atoms with van der Waals surface area (Å²) in [7, 11) is 1.47. The zero-order valence-electron chi connectivity index (χ0n) is 21.3. The molecule has 204 valence electrons. The van der Waals surface area contributed by atoms with E-state index in [1.54, 1.807) is 42.5 Å². The number of carbonyl (C=O) groups excluding carboxylic acids is 1. The van der Waals surface area contributed by atoms with Gasteiger partial charge in [-0.05, 0) is 42.5 Å². The predicted octanol–water partition coefficient (Wildman–Crippen LogP) is 4.34. The molecule has 1 aliphatic rings. The number of thiocarbonyl (C=S) groups is 1. The lowest BCUT2D eigenvalue weighted by atomic mass is 10.0. The Morgan fingerprint density at radius 1 is 1.05 bits per heavy atom. The van der Waals surface area contributed by atoms with Crippen LogP contribution in [0.5, 0.6) is 5.75 Å². The van der Waals surface area contributed by atoms with Crippen LogP contribution in [0.15, 0.2) is 75.9 Å². The van der Waals surface area contributed by atoms with Crippen LogP contribution >= 0.6 is 12.2 Å². The van der Waals surface area contributed by atoms with Gasteiger partial charge in [0.2, 0.25) is 0 Å². The number of non-ortho nitro benzene ring substituents is 1. The van der Waals surface area contributed by atoms with Crippen LogP contribution in [0, 0.1) is 10.1 Å². The molecule has 0 unspecified atom stereocenters. The third kappa shape index (κ3) is 5.63. The SMILES string of the molecule is COc1cc(NC(=S)NC(=O)c2cc([N+](=O)[O-])ccc2N2CCOCC2)ccc1-c1cc2ccccc2oc1=O. The number of morpholine rings is 1. The number of ether oxygens (including phenoxy) is 2. The number of nitro benzene ring substituents is 1. The van der Waals surface area contributed by atoms with Gasteiger partial charge in [0.1, 0.15) is 11.3 Å².